The van der Waals surface area contributed by atoms with Crippen LogP contribution in [0.2, 0.25) is 5.02 Å². The van der Waals surface area contributed by atoms with Crippen LogP contribution in [0.15, 0.2) is 24.3 Å². The molecule has 0 spiro atoms. The van der Waals surface area contributed by atoms with E-state index in [1.807, 2.05) is 18.2 Å². The number of fused-ring (bicyclic) bond motifs is 1. The Bertz CT molecular complexity index is 509. The minimum Gasteiger partial charge on any atom is -0.385 e. The maximum atomic E-state index is 6.01. The van der Waals surface area contributed by atoms with Gasteiger partial charge in [0.05, 0.1) is 5.52 Å². The van der Waals surface area contributed by atoms with Crippen LogP contribution in [0.4, 0.5) is 5.69 Å². The maximum absolute atomic E-state index is 6.01. The van der Waals surface area contributed by atoms with Crippen molar-refractivity contribution < 1.29 is 0 Å². The third kappa shape index (κ3) is 2.12. The van der Waals surface area contributed by atoms with Crippen molar-refractivity contribution >= 4 is 28.2 Å². The molecule has 16 heavy (non-hydrogen) atoms. The third-order valence-corrected chi connectivity index (χ3v) is 2.79. The number of nitrogens with zero attached hydrogens (tertiary/aromatic N) is 1. The fourth-order valence-corrected chi connectivity index (χ4v) is 1.94. The molecule has 0 aliphatic rings. The molecule has 1 aromatic heterocycles. The fraction of sp³-hybridized carbons (Fsp3) is 0.308. The molecular weight excluding hydrogens is 220 g/mol. The van der Waals surface area contributed by atoms with Crippen LogP contribution in [0.5, 0.6) is 0 Å². The molecule has 3 heteroatoms. The Morgan fingerprint density at radius 2 is 2.06 bits per heavy atom. The average Bonchev–Trinajstić information content (AvgIpc) is 2.30. The third-order valence-electron chi connectivity index (χ3n) is 2.55. The van der Waals surface area contributed by atoms with Crippen molar-refractivity contribution in [2.45, 2.75) is 20.3 Å². The van der Waals surface area contributed by atoms with Gasteiger partial charge in [0.1, 0.15) is 0 Å². The number of benzene rings is 1. The summed E-state index contributed by atoms with van der Waals surface area (Å²) < 4.78 is 0. The Hall–Kier alpha value is -1.28. The van der Waals surface area contributed by atoms with Gasteiger partial charge in [-0.25, -0.2) is 0 Å². The summed E-state index contributed by atoms with van der Waals surface area (Å²) >= 11 is 6.01. The van der Waals surface area contributed by atoms with Gasteiger partial charge in [0.2, 0.25) is 0 Å². The van der Waals surface area contributed by atoms with E-state index in [4.69, 9.17) is 11.6 Å². The Labute approximate surface area is 101 Å². The topological polar surface area (TPSA) is 24.9 Å². The maximum Gasteiger partial charge on any atom is 0.0727 e. The van der Waals surface area contributed by atoms with Crippen molar-refractivity contribution in [3.05, 3.63) is 35.0 Å². The zero-order valence-electron chi connectivity index (χ0n) is 9.55. The highest BCUT2D eigenvalue weighted by Gasteiger charge is 2.04. The molecule has 1 N–H and O–H groups in total. The van der Waals surface area contributed by atoms with Crippen LogP contribution in [-0.2, 0) is 6.42 Å². The quantitative estimate of drug-likeness (QED) is 0.872. The summed E-state index contributed by atoms with van der Waals surface area (Å²) in [5.74, 6) is 0. The minimum atomic E-state index is 0.748. The van der Waals surface area contributed by atoms with Crippen molar-refractivity contribution in [2.75, 3.05) is 11.9 Å². The van der Waals surface area contributed by atoms with E-state index in [-0.39, 0.29) is 0 Å². The molecule has 0 amide bonds. The van der Waals surface area contributed by atoms with Crippen LogP contribution in [0.1, 0.15) is 19.5 Å². The largest absolute Gasteiger partial charge is 0.385 e. The first-order valence-electron chi connectivity index (χ1n) is 5.57. The van der Waals surface area contributed by atoms with Gasteiger partial charge in [-0.1, -0.05) is 18.5 Å². The Balaban J connectivity index is 2.66. The van der Waals surface area contributed by atoms with Crippen molar-refractivity contribution in [3.8, 4) is 0 Å². The molecule has 0 saturated carbocycles. The molecule has 0 fully saturated rings. The second kappa shape index (κ2) is 4.71. The van der Waals surface area contributed by atoms with Gasteiger partial charge in [0.25, 0.3) is 0 Å². The summed E-state index contributed by atoms with van der Waals surface area (Å²) in [5.41, 5.74) is 3.22. The Kier molecular flexibility index (Phi) is 3.30. The highest BCUT2D eigenvalue weighted by atomic mass is 35.5. The fourth-order valence-electron chi connectivity index (χ4n) is 1.77. The number of hydrogen-bond donors (Lipinski definition) is 1. The molecule has 0 atom stereocenters. The lowest BCUT2D eigenvalue weighted by Gasteiger charge is -2.10. The SMILES string of the molecule is CCNc1cc(CC)nc2ccc(Cl)cc12. The van der Waals surface area contributed by atoms with Crippen LogP contribution >= 0.6 is 11.6 Å². The van der Waals surface area contributed by atoms with Gasteiger partial charge in [0, 0.05) is 28.3 Å². The van der Waals surface area contributed by atoms with Crippen LogP contribution < -0.4 is 5.32 Å². The predicted octanol–water partition coefficient (Wildman–Crippen LogP) is 3.88. The summed E-state index contributed by atoms with van der Waals surface area (Å²) in [5, 5.41) is 5.19. The number of aryl methyl sites for hydroxylation is 1. The first-order chi connectivity index (χ1) is 7.74. The number of aromatic nitrogens is 1. The normalized spacial score (nSPS) is 10.7. The van der Waals surface area contributed by atoms with Gasteiger partial charge in [0.15, 0.2) is 0 Å². The van der Waals surface area contributed by atoms with E-state index in [9.17, 15) is 0 Å². The summed E-state index contributed by atoms with van der Waals surface area (Å²) in [6.45, 7) is 5.09. The smallest absolute Gasteiger partial charge is 0.0727 e. The standard InChI is InChI=1S/C13H15ClN2/c1-3-10-8-13(15-4-2)11-7-9(14)5-6-12(11)16-10/h5-8H,3-4H2,1-2H3,(H,15,16). The van der Waals surface area contributed by atoms with Gasteiger partial charge in [-0.2, -0.15) is 0 Å². The molecule has 1 aromatic carbocycles. The van der Waals surface area contributed by atoms with Crippen LogP contribution in [-0.4, -0.2) is 11.5 Å². The molecule has 0 unspecified atom stereocenters. The van der Waals surface area contributed by atoms with Crippen molar-refractivity contribution in [1.29, 1.82) is 0 Å². The van der Waals surface area contributed by atoms with E-state index in [0.717, 1.165) is 40.3 Å². The van der Waals surface area contributed by atoms with Crippen molar-refractivity contribution in [3.63, 3.8) is 0 Å². The first kappa shape index (κ1) is 11.2. The lowest BCUT2D eigenvalue weighted by molar-refractivity contribution is 1.05. The Morgan fingerprint density at radius 3 is 2.75 bits per heavy atom. The second-order valence-corrected chi connectivity index (χ2v) is 4.14. The molecule has 2 nitrogen and oxygen atoms in total. The molecule has 0 aliphatic heterocycles. The molecular formula is C13H15ClN2. The molecule has 1 heterocycles. The molecule has 0 saturated heterocycles. The Morgan fingerprint density at radius 1 is 1.25 bits per heavy atom. The molecule has 84 valence electrons. The summed E-state index contributed by atoms with van der Waals surface area (Å²) in [6.07, 6.45) is 0.941. The zero-order chi connectivity index (χ0) is 11.5. The lowest BCUT2D eigenvalue weighted by Crippen LogP contribution is -2.00. The number of anilines is 1. The average molecular weight is 235 g/mol. The van der Waals surface area contributed by atoms with E-state index in [1.165, 1.54) is 0 Å². The van der Waals surface area contributed by atoms with E-state index in [0.29, 0.717) is 0 Å². The number of pyridine rings is 1. The first-order valence-corrected chi connectivity index (χ1v) is 5.95. The predicted molar refractivity (Wildman–Crippen MR) is 70.3 cm³/mol. The highest BCUT2D eigenvalue weighted by molar-refractivity contribution is 6.31. The van der Waals surface area contributed by atoms with Crippen molar-refractivity contribution in [2.24, 2.45) is 0 Å². The van der Waals surface area contributed by atoms with Crippen LogP contribution in [0, 0.1) is 0 Å². The lowest BCUT2D eigenvalue weighted by atomic mass is 10.1. The van der Waals surface area contributed by atoms with E-state index in [2.05, 4.69) is 30.2 Å². The highest BCUT2D eigenvalue weighted by Crippen LogP contribution is 2.26. The number of rotatable bonds is 3. The van der Waals surface area contributed by atoms with Crippen LogP contribution in [0.25, 0.3) is 10.9 Å². The van der Waals surface area contributed by atoms with Gasteiger partial charge in [-0.05, 0) is 37.6 Å². The van der Waals surface area contributed by atoms with E-state index >= 15 is 0 Å². The van der Waals surface area contributed by atoms with Crippen LogP contribution in [0.3, 0.4) is 0 Å². The van der Waals surface area contributed by atoms with E-state index < -0.39 is 0 Å². The second-order valence-electron chi connectivity index (χ2n) is 3.71. The molecule has 0 radical (unpaired) electrons. The minimum absolute atomic E-state index is 0.748. The summed E-state index contributed by atoms with van der Waals surface area (Å²) in [7, 11) is 0. The summed E-state index contributed by atoms with van der Waals surface area (Å²) in [6, 6.07) is 7.91. The van der Waals surface area contributed by atoms with E-state index in [1.54, 1.807) is 0 Å². The molecule has 0 bridgehead atoms. The van der Waals surface area contributed by atoms with Gasteiger partial charge in [-0.15, -0.1) is 0 Å². The molecule has 2 rings (SSSR count). The zero-order valence-corrected chi connectivity index (χ0v) is 10.3. The number of hydrogen-bond acceptors (Lipinski definition) is 2. The molecule has 2 aromatic rings. The van der Waals surface area contributed by atoms with Crippen molar-refractivity contribution in [1.82, 2.24) is 4.98 Å². The molecule has 0 aliphatic carbocycles. The number of nitrogens with one attached hydrogen (secondary N) is 1. The number of halogens is 1. The van der Waals surface area contributed by atoms with Gasteiger partial charge < -0.3 is 5.32 Å². The van der Waals surface area contributed by atoms with Gasteiger partial charge in [-0.3, -0.25) is 4.98 Å². The monoisotopic (exact) mass is 234 g/mol. The van der Waals surface area contributed by atoms with Gasteiger partial charge >= 0.3 is 0 Å². The summed E-state index contributed by atoms with van der Waals surface area (Å²) in [4.78, 5) is 4.58.